The molecule has 1 aromatic rings. The van der Waals surface area contributed by atoms with Crippen molar-refractivity contribution in [2.24, 2.45) is 0 Å². The summed E-state index contributed by atoms with van der Waals surface area (Å²) >= 11 is 0. The number of nitrogens with two attached hydrogens (primary N) is 1. The fourth-order valence-electron chi connectivity index (χ4n) is 1.44. The zero-order valence-corrected chi connectivity index (χ0v) is 10.2. The van der Waals surface area contributed by atoms with Crippen molar-refractivity contribution in [3.05, 3.63) is 33.0 Å². The lowest BCUT2D eigenvalue weighted by molar-refractivity contribution is 0.642. The Kier molecular flexibility index (Phi) is 4.14. The predicted octanol–water partition coefficient (Wildman–Crippen LogP) is 0.517. The van der Waals surface area contributed by atoms with Gasteiger partial charge in [-0.2, -0.15) is 0 Å². The van der Waals surface area contributed by atoms with Gasteiger partial charge in [0.15, 0.2) is 0 Å². The minimum atomic E-state index is -0.499. The highest BCUT2D eigenvalue weighted by Crippen LogP contribution is 2.10. The molecule has 1 rings (SSSR count). The largest absolute Gasteiger partial charge is 0.383 e. The summed E-state index contributed by atoms with van der Waals surface area (Å²) in [5.74, 6) is 0.168. The Balaban J connectivity index is 3.21. The molecule has 1 aromatic heterocycles. The van der Waals surface area contributed by atoms with Crippen molar-refractivity contribution >= 4 is 11.5 Å². The molecule has 6 nitrogen and oxygen atoms in total. The molecule has 0 spiro atoms. The number of rotatable bonds is 5. The number of nitrogen functional groups attached to an aromatic ring is 1. The third-order valence-corrected chi connectivity index (χ3v) is 2.25. The van der Waals surface area contributed by atoms with Crippen LogP contribution in [0.1, 0.15) is 20.3 Å². The molecule has 6 heteroatoms. The van der Waals surface area contributed by atoms with Crippen LogP contribution in [0, 0.1) is 0 Å². The Morgan fingerprint density at radius 1 is 1.53 bits per heavy atom. The molecule has 17 heavy (non-hydrogen) atoms. The highest BCUT2D eigenvalue weighted by molar-refractivity contribution is 5.60. The maximum Gasteiger partial charge on any atom is 0.330 e. The van der Waals surface area contributed by atoms with Gasteiger partial charge in [-0.25, -0.2) is 4.79 Å². The standard InChI is InChI=1S/C11H18N4O2/c1-4-5-15-9(12)8(13-6-7(2)3)10(16)14-11(15)17/h13H,2,4-6,12H2,1,3H3,(H,14,16,17). The summed E-state index contributed by atoms with van der Waals surface area (Å²) in [6.45, 7) is 8.40. The summed E-state index contributed by atoms with van der Waals surface area (Å²) in [6, 6.07) is 0. The second kappa shape index (κ2) is 5.38. The predicted molar refractivity (Wildman–Crippen MR) is 69.3 cm³/mol. The van der Waals surface area contributed by atoms with Crippen LogP contribution in [0.2, 0.25) is 0 Å². The molecule has 0 bridgehead atoms. The Morgan fingerprint density at radius 3 is 2.71 bits per heavy atom. The molecule has 0 fully saturated rings. The molecule has 0 aliphatic carbocycles. The van der Waals surface area contributed by atoms with E-state index >= 15 is 0 Å². The van der Waals surface area contributed by atoms with E-state index in [1.165, 1.54) is 4.57 Å². The van der Waals surface area contributed by atoms with Crippen LogP contribution in [-0.2, 0) is 6.54 Å². The lowest BCUT2D eigenvalue weighted by atomic mass is 10.3. The van der Waals surface area contributed by atoms with Crippen LogP contribution in [-0.4, -0.2) is 16.1 Å². The number of nitrogens with one attached hydrogen (secondary N) is 2. The summed E-state index contributed by atoms with van der Waals surface area (Å²) in [4.78, 5) is 25.3. The second-order valence-corrected chi connectivity index (χ2v) is 3.98. The Morgan fingerprint density at radius 2 is 2.18 bits per heavy atom. The zero-order chi connectivity index (χ0) is 13.0. The first kappa shape index (κ1) is 13.1. The summed E-state index contributed by atoms with van der Waals surface area (Å²) in [7, 11) is 0. The molecule has 0 radical (unpaired) electrons. The molecule has 0 aliphatic rings. The monoisotopic (exact) mass is 238 g/mol. The van der Waals surface area contributed by atoms with E-state index in [0.717, 1.165) is 12.0 Å². The van der Waals surface area contributed by atoms with Crippen molar-refractivity contribution in [3.8, 4) is 0 Å². The van der Waals surface area contributed by atoms with Crippen molar-refractivity contribution < 1.29 is 0 Å². The molecule has 0 aliphatic heterocycles. The Hall–Kier alpha value is -1.98. The van der Waals surface area contributed by atoms with E-state index in [4.69, 9.17) is 5.73 Å². The van der Waals surface area contributed by atoms with Gasteiger partial charge in [-0.1, -0.05) is 19.1 Å². The van der Waals surface area contributed by atoms with E-state index in [1.807, 2.05) is 13.8 Å². The normalized spacial score (nSPS) is 10.2. The minimum absolute atomic E-state index is 0.168. The maximum absolute atomic E-state index is 11.6. The van der Waals surface area contributed by atoms with Crippen molar-refractivity contribution in [1.82, 2.24) is 9.55 Å². The number of aromatic nitrogens is 2. The Labute approximate surface area is 99.2 Å². The van der Waals surface area contributed by atoms with Crippen LogP contribution in [0.3, 0.4) is 0 Å². The zero-order valence-electron chi connectivity index (χ0n) is 10.2. The number of nitrogens with zero attached hydrogens (tertiary/aromatic N) is 1. The van der Waals surface area contributed by atoms with E-state index < -0.39 is 11.2 Å². The van der Waals surface area contributed by atoms with Gasteiger partial charge in [0.2, 0.25) is 0 Å². The Bertz CT molecular complexity index is 527. The van der Waals surface area contributed by atoms with Gasteiger partial charge >= 0.3 is 5.69 Å². The average molecular weight is 238 g/mol. The summed E-state index contributed by atoms with van der Waals surface area (Å²) < 4.78 is 1.35. The van der Waals surface area contributed by atoms with Crippen LogP contribution < -0.4 is 22.3 Å². The fraction of sp³-hybridized carbons (Fsp3) is 0.455. The van der Waals surface area contributed by atoms with Gasteiger partial charge in [-0.3, -0.25) is 14.3 Å². The van der Waals surface area contributed by atoms with E-state index in [9.17, 15) is 9.59 Å². The topological polar surface area (TPSA) is 92.9 Å². The van der Waals surface area contributed by atoms with E-state index in [1.54, 1.807) is 0 Å². The third kappa shape index (κ3) is 2.99. The number of hydrogen-bond acceptors (Lipinski definition) is 4. The molecule has 0 atom stereocenters. The van der Waals surface area contributed by atoms with Crippen LogP contribution in [0.25, 0.3) is 0 Å². The number of anilines is 2. The van der Waals surface area contributed by atoms with Crippen LogP contribution in [0.4, 0.5) is 11.5 Å². The van der Waals surface area contributed by atoms with Gasteiger partial charge in [0.1, 0.15) is 11.5 Å². The van der Waals surface area contributed by atoms with Crippen molar-refractivity contribution in [2.45, 2.75) is 26.8 Å². The summed E-state index contributed by atoms with van der Waals surface area (Å²) in [5, 5.41) is 2.88. The first-order chi connectivity index (χ1) is 7.97. The van der Waals surface area contributed by atoms with Gasteiger partial charge in [0.05, 0.1) is 0 Å². The van der Waals surface area contributed by atoms with Gasteiger partial charge in [-0.05, 0) is 13.3 Å². The van der Waals surface area contributed by atoms with Crippen molar-refractivity contribution in [3.63, 3.8) is 0 Å². The molecule has 0 amide bonds. The van der Waals surface area contributed by atoms with Gasteiger partial charge in [-0.15, -0.1) is 0 Å². The van der Waals surface area contributed by atoms with E-state index in [0.29, 0.717) is 13.1 Å². The highest BCUT2D eigenvalue weighted by atomic mass is 16.2. The molecule has 0 saturated heterocycles. The van der Waals surface area contributed by atoms with E-state index in [2.05, 4.69) is 16.9 Å². The maximum atomic E-state index is 11.6. The van der Waals surface area contributed by atoms with E-state index in [-0.39, 0.29) is 11.5 Å². The lowest BCUT2D eigenvalue weighted by Gasteiger charge is -2.13. The second-order valence-electron chi connectivity index (χ2n) is 3.98. The molecular formula is C11H18N4O2. The smallest absolute Gasteiger partial charge is 0.330 e. The molecular weight excluding hydrogens is 220 g/mol. The fourth-order valence-corrected chi connectivity index (χ4v) is 1.44. The lowest BCUT2D eigenvalue weighted by Crippen LogP contribution is -2.34. The minimum Gasteiger partial charge on any atom is -0.383 e. The molecule has 1 heterocycles. The molecule has 0 unspecified atom stereocenters. The number of hydrogen-bond donors (Lipinski definition) is 3. The number of aromatic amines is 1. The SMILES string of the molecule is C=C(C)CNc1c(N)n(CCC)c(=O)[nH]c1=O. The van der Waals surface area contributed by atoms with Crippen molar-refractivity contribution in [1.29, 1.82) is 0 Å². The van der Waals surface area contributed by atoms with Crippen LogP contribution in [0.5, 0.6) is 0 Å². The first-order valence-electron chi connectivity index (χ1n) is 5.48. The first-order valence-corrected chi connectivity index (χ1v) is 5.48. The van der Waals surface area contributed by atoms with Crippen LogP contribution in [0.15, 0.2) is 21.7 Å². The number of H-pyrrole nitrogens is 1. The van der Waals surface area contributed by atoms with Gasteiger partial charge < -0.3 is 11.1 Å². The molecule has 0 saturated carbocycles. The highest BCUT2D eigenvalue weighted by Gasteiger charge is 2.10. The van der Waals surface area contributed by atoms with Gasteiger partial charge in [0, 0.05) is 13.1 Å². The third-order valence-electron chi connectivity index (χ3n) is 2.25. The van der Waals surface area contributed by atoms with Crippen LogP contribution >= 0.6 is 0 Å². The molecule has 4 N–H and O–H groups in total. The molecule has 94 valence electrons. The summed E-state index contributed by atoms with van der Waals surface area (Å²) in [6.07, 6.45) is 0.760. The summed E-state index contributed by atoms with van der Waals surface area (Å²) in [5.41, 5.74) is 5.93. The quantitative estimate of drug-likeness (QED) is 0.652. The van der Waals surface area contributed by atoms with Crippen molar-refractivity contribution in [2.75, 3.05) is 17.6 Å². The average Bonchev–Trinajstić information content (AvgIpc) is 2.23. The van der Waals surface area contributed by atoms with Gasteiger partial charge in [0.25, 0.3) is 5.56 Å². The molecule has 0 aromatic carbocycles.